The molecule has 1 fully saturated rings. The normalized spacial score (nSPS) is 29.0. The molecule has 2 aliphatic heterocycles. The van der Waals surface area contributed by atoms with Crippen molar-refractivity contribution >= 4 is 11.3 Å². The van der Waals surface area contributed by atoms with Gasteiger partial charge >= 0.3 is 0 Å². The van der Waals surface area contributed by atoms with Crippen LogP contribution in [0.1, 0.15) is 30.2 Å². The maximum Gasteiger partial charge on any atom is 0.105 e. The Bertz CT molecular complexity index is 354. The number of ether oxygens (including phenoxy) is 1. The lowest BCUT2D eigenvalue weighted by Gasteiger charge is -2.43. The standard InChI is InChI=1S/C12H17NOS/c1-9-8-10-2-7-15-11(10)12(14-9)3-5-13-6-4-12/h2,7,9,13H,3-6,8H2,1H3/t9-/m1/s1. The van der Waals surface area contributed by atoms with Gasteiger partial charge in [0.2, 0.25) is 0 Å². The van der Waals surface area contributed by atoms with E-state index in [-0.39, 0.29) is 5.60 Å². The van der Waals surface area contributed by atoms with Crippen LogP contribution in [0.3, 0.4) is 0 Å². The molecular formula is C12H17NOS. The lowest BCUT2D eigenvalue weighted by Crippen LogP contribution is -2.46. The van der Waals surface area contributed by atoms with Crippen LogP contribution in [0.25, 0.3) is 0 Å². The Morgan fingerprint density at radius 3 is 3.07 bits per heavy atom. The first-order valence-electron chi connectivity index (χ1n) is 5.76. The fourth-order valence-corrected chi connectivity index (χ4v) is 4.00. The third-order valence-corrected chi connectivity index (χ3v) is 4.65. The predicted molar refractivity (Wildman–Crippen MR) is 62.4 cm³/mol. The summed E-state index contributed by atoms with van der Waals surface area (Å²) in [5, 5.41) is 5.64. The van der Waals surface area contributed by atoms with Gasteiger partial charge in [0.15, 0.2) is 0 Å². The number of rotatable bonds is 0. The van der Waals surface area contributed by atoms with E-state index in [1.807, 2.05) is 11.3 Å². The van der Waals surface area contributed by atoms with Crippen LogP contribution in [0.2, 0.25) is 0 Å². The number of piperidine rings is 1. The fraction of sp³-hybridized carbons (Fsp3) is 0.667. The molecule has 1 spiro atoms. The van der Waals surface area contributed by atoms with E-state index in [4.69, 9.17) is 4.74 Å². The summed E-state index contributed by atoms with van der Waals surface area (Å²) in [6.45, 7) is 4.37. The average molecular weight is 223 g/mol. The molecule has 0 unspecified atom stereocenters. The third-order valence-electron chi connectivity index (χ3n) is 3.51. The van der Waals surface area contributed by atoms with E-state index in [9.17, 15) is 0 Å². The van der Waals surface area contributed by atoms with Gasteiger partial charge in [-0.2, -0.15) is 0 Å². The van der Waals surface area contributed by atoms with Crippen LogP contribution in [0.4, 0.5) is 0 Å². The summed E-state index contributed by atoms with van der Waals surface area (Å²) in [6.07, 6.45) is 3.73. The van der Waals surface area contributed by atoms with Gasteiger partial charge in [0.05, 0.1) is 6.10 Å². The van der Waals surface area contributed by atoms with Gasteiger partial charge in [-0.25, -0.2) is 0 Å². The van der Waals surface area contributed by atoms with E-state index in [0.29, 0.717) is 6.10 Å². The van der Waals surface area contributed by atoms with Crippen LogP contribution >= 0.6 is 11.3 Å². The molecule has 1 aromatic heterocycles. The third kappa shape index (κ3) is 1.53. The molecule has 1 saturated heterocycles. The Labute approximate surface area is 94.6 Å². The number of thiophene rings is 1. The molecule has 0 radical (unpaired) electrons. The summed E-state index contributed by atoms with van der Waals surface area (Å²) in [4.78, 5) is 1.50. The molecule has 0 aliphatic carbocycles. The maximum absolute atomic E-state index is 6.27. The number of hydrogen-bond acceptors (Lipinski definition) is 3. The van der Waals surface area contributed by atoms with Gasteiger partial charge in [0.25, 0.3) is 0 Å². The predicted octanol–water partition coefficient (Wildman–Crippen LogP) is 2.29. The van der Waals surface area contributed by atoms with Crippen molar-refractivity contribution in [3.05, 3.63) is 21.9 Å². The van der Waals surface area contributed by atoms with Gasteiger partial charge in [-0.3, -0.25) is 0 Å². The van der Waals surface area contributed by atoms with Crippen LogP contribution in [0.15, 0.2) is 11.4 Å². The zero-order valence-corrected chi connectivity index (χ0v) is 9.90. The van der Waals surface area contributed by atoms with Crippen LogP contribution in [0.5, 0.6) is 0 Å². The lowest BCUT2D eigenvalue weighted by atomic mass is 9.85. The molecule has 15 heavy (non-hydrogen) atoms. The van der Waals surface area contributed by atoms with E-state index in [2.05, 4.69) is 23.7 Å². The molecular weight excluding hydrogens is 206 g/mol. The monoisotopic (exact) mass is 223 g/mol. The van der Waals surface area contributed by atoms with Gasteiger partial charge in [0.1, 0.15) is 5.60 Å². The van der Waals surface area contributed by atoms with Gasteiger partial charge in [-0.15, -0.1) is 11.3 Å². The molecule has 0 aromatic carbocycles. The van der Waals surface area contributed by atoms with Crippen molar-refractivity contribution in [2.75, 3.05) is 13.1 Å². The van der Waals surface area contributed by atoms with Gasteiger partial charge in [-0.05, 0) is 56.3 Å². The highest BCUT2D eigenvalue weighted by Crippen LogP contribution is 2.44. The highest BCUT2D eigenvalue weighted by atomic mass is 32.1. The highest BCUT2D eigenvalue weighted by Gasteiger charge is 2.41. The quantitative estimate of drug-likeness (QED) is 0.728. The van der Waals surface area contributed by atoms with E-state index >= 15 is 0 Å². The molecule has 2 nitrogen and oxygen atoms in total. The second-order valence-corrected chi connectivity index (χ2v) is 5.57. The van der Waals surface area contributed by atoms with Gasteiger partial charge in [-0.1, -0.05) is 0 Å². The molecule has 1 atom stereocenters. The summed E-state index contributed by atoms with van der Waals surface area (Å²) in [5.41, 5.74) is 1.58. The fourth-order valence-electron chi connectivity index (χ4n) is 2.86. The minimum atomic E-state index is 0.0480. The molecule has 2 aliphatic rings. The van der Waals surface area contributed by atoms with E-state index in [1.165, 1.54) is 10.4 Å². The molecule has 82 valence electrons. The lowest BCUT2D eigenvalue weighted by molar-refractivity contribution is -0.117. The average Bonchev–Trinajstić information content (AvgIpc) is 2.67. The second kappa shape index (κ2) is 3.58. The Morgan fingerprint density at radius 1 is 1.47 bits per heavy atom. The van der Waals surface area contributed by atoms with E-state index in [1.54, 1.807) is 0 Å². The molecule has 1 aromatic rings. The topological polar surface area (TPSA) is 21.3 Å². The summed E-state index contributed by atoms with van der Waals surface area (Å²) in [7, 11) is 0. The first-order chi connectivity index (χ1) is 7.30. The van der Waals surface area contributed by atoms with Crippen LogP contribution in [0, 0.1) is 0 Å². The zero-order chi connectivity index (χ0) is 10.3. The maximum atomic E-state index is 6.27. The summed E-state index contributed by atoms with van der Waals surface area (Å²) >= 11 is 1.88. The van der Waals surface area contributed by atoms with Gasteiger partial charge < -0.3 is 10.1 Å². The molecule has 3 rings (SSSR count). The van der Waals surface area contributed by atoms with Crippen LogP contribution < -0.4 is 5.32 Å². The van der Waals surface area contributed by atoms with E-state index in [0.717, 1.165) is 32.4 Å². The van der Waals surface area contributed by atoms with Gasteiger partial charge in [0, 0.05) is 4.88 Å². The van der Waals surface area contributed by atoms with Crippen molar-refractivity contribution in [2.24, 2.45) is 0 Å². The Morgan fingerprint density at radius 2 is 2.27 bits per heavy atom. The highest BCUT2D eigenvalue weighted by molar-refractivity contribution is 7.10. The molecule has 3 heteroatoms. The van der Waals surface area contributed by atoms with Crippen LogP contribution in [-0.4, -0.2) is 19.2 Å². The van der Waals surface area contributed by atoms with E-state index < -0.39 is 0 Å². The van der Waals surface area contributed by atoms with Crippen LogP contribution in [-0.2, 0) is 16.8 Å². The minimum absolute atomic E-state index is 0.0480. The minimum Gasteiger partial charge on any atom is -0.366 e. The number of fused-ring (bicyclic) bond motifs is 2. The SMILES string of the molecule is C[C@@H]1Cc2ccsc2C2(CCNCC2)O1. The summed E-state index contributed by atoms with van der Waals surface area (Å²) in [5.74, 6) is 0. The van der Waals surface area contributed by atoms with Crippen molar-refractivity contribution in [2.45, 2.75) is 37.9 Å². The number of nitrogens with one attached hydrogen (secondary N) is 1. The molecule has 0 bridgehead atoms. The first kappa shape index (κ1) is 9.82. The smallest absolute Gasteiger partial charge is 0.105 e. The Kier molecular flexibility index (Phi) is 2.34. The van der Waals surface area contributed by atoms with Crippen molar-refractivity contribution in [3.63, 3.8) is 0 Å². The van der Waals surface area contributed by atoms with Crippen molar-refractivity contribution in [3.8, 4) is 0 Å². The molecule has 0 saturated carbocycles. The van der Waals surface area contributed by atoms with Crippen molar-refractivity contribution in [1.82, 2.24) is 5.32 Å². The molecule has 0 amide bonds. The Hall–Kier alpha value is -0.380. The zero-order valence-electron chi connectivity index (χ0n) is 9.08. The first-order valence-corrected chi connectivity index (χ1v) is 6.63. The Balaban J connectivity index is 2.02. The van der Waals surface area contributed by atoms with Crippen molar-refractivity contribution < 1.29 is 4.74 Å². The molecule has 3 heterocycles. The van der Waals surface area contributed by atoms with Crippen molar-refractivity contribution in [1.29, 1.82) is 0 Å². The second-order valence-electron chi connectivity index (χ2n) is 4.65. The largest absolute Gasteiger partial charge is 0.366 e. The molecule has 1 N–H and O–H groups in total. The number of hydrogen-bond donors (Lipinski definition) is 1. The summed E-state index contributed by atoms with van der Waals surface area (Å²) < 4.78 is 6.27. The summed E-state index contributed by atoms with van der Waals surface area (Å²) in [6, 6.07) is 2.28.